The smallest absolute Gasteiger partial charge is 0.148 e. The summed E-state index contributed by atoms with van der Waals surface area (Å²) in [5.74, 6) is 1.87. The number of rotatable bonds is 2. The van der Waals surface area contributed by atoms with Gasteiger partial charge in [-0.05, 0) is 19.9 Å². The van der Waals surface area contributed by atoms with Crippen LogP contribution in [-0.2, 0) is 7.05 Å². The zero-order valence-corrected chi connectivity index (χ0v) is 11.6. The fourth-order valence-corrected chi connectivity index (χ4v) is 2.60. The summed E-state index contributed by atoms with van der Waals surface area (Å²) in [6.07, 6.45) is 2.86. The Bertz CT molecular complexity index is 589. The normalized spacial score (nSPS) is 20.5. The second-order valence-corrected chi connectivity index (χ2v) is 5.68. The molecule has 0 spiro atoms. The first-order chi connectivity index (χ1) is 9.03. The molecule has 4 heteroatoms. The molecule has 1 atom stereocenters. The fourth-order valence-electron chi connectivity index (χ4n) is 2.60. The summed E-state index contributed by atoms with van der Waals surface area (Å²) in [5.41, 5.74) is 1.04. The summed E-state index contributed by atoms with van der Waals surface area (Å²) >= 11 is 0. The SMILES string of the molecule is Cn1ccc(NC2CC(C)(C)Oc3ccccc32)n1. The lowest BCUT2D eigenvalue weighted by molar-refractivity contribution is 0.0758. The number of benzene rings is 1. The molecule has 2 aromatic rings. The molecule has 2 heterocycles. The topological polar surface area (TPSA) is 39.1 Å². The van der Waals surface area contributed by atoms with Crippen LogP contribution < -0.4 is 10.1 Å². The molecule has 1 N–H and O–H groups in total. The Morgan fingerprint density at radius 2 is 2.11 bits per heavy atom. The van der Waals surface area contributed by atoms with Crippen LogP contribution in [0.4, 0.5) is 5.82 Å². The number of para-hydroxylation sites is 1. The lowest BCUT2D eigenvalue weighted by Crippen LogP contribution is -2.37. The Morgan fingerprint density at radius 1 is 1.32 bits per heavy atom. The zero-order chi connectivity index (χ0) is 13.5. The first kappa shape index (κ1) is 12.1. The van der Waals surface area contributed by atoms with Gasteiger partial charge >= 0.3 is 0 Å². The Morgan fingerprint density at radius 3 is 2.84 bits per heavy atom. The van der Waals surface area contributed by atoms with Crippen LogP contribution in [0.15, 0.2) is 36.5 Å². The summed E-state index contributed by atoms with van der Waals surface area (Å²) in [5, 5.41) is 7.89. The van der Waals surface area contributed by atoms with E-state index in [9.17, 15) is 0 Å². The third-order valence-electron chi connectivity index (χ3n) is 3.41. The van der Waals surface area contributed by atoms with Crippen LogP contribution in [0.3, 0.4) is 0 Å². The molecule has 19 heavy (non-hydrogen) atoms. The maximum absolute atomic E-state index is 6.03. The molecule has 3 rings (SSSR count). The van der Waals surface area contributed by atoms with Crippen molar-refractivity contribution in [2.45, 2.75) is 31.9 Å². The van der Waals surface area contributed by atoms with Crippen molar-refractivity contribution in [3.05, 3.63) is 42.1 Å². The minimum Gasteiger partial charge on any atom is -0.487 e. The van der Waals surface area contributed by atoms with E-state index in [1.54, 1.807) is 4.68 Å². The number of aromatic nitrogens is 2. The lowest BCUT2D eigenvalue weighted by atomic mass is 9.90. The maximum Gasteiger partial charge on any atom is 0.148 e. The molecule has 1 aliphatic heterocycles. The third-order valence-corrected chi connectivity index (χ3v) is 3.41. The van der Waals surface area contributed by atoms with Crippen LogP contribution in [0.5, 0.6) is 5.75 Å². The highest BCUT2D eigenvalue weighted by Crippen LogP contribution is 2.40. The summed E-state index contributed by atoms with van der Waals surface area (Å²) < 4.78 is 7.83. The first-order valence-corrected chi connectivity index (χ1v) is 6.58. The minimum absolute atomic E-state index is 0.166. The molecule has 4 nitrogen and oxygen atoms in total. The van der Waals surface area contributed by atoms with E-state index in [-0.39, 0.29) is 11.6 Å². The van der Waals surface area contributed by atoms with Crippen molar-refractivity contribution in [2.24, 2.45) is 7.05 Å². The Hall–Kier alpha value is -1.97. The van der Waals surface area contributed by atoms with Gasteiger partial charge in [-0.25, -0.2) is 0 Å². The van der Waals surface area contributed by atoms with E-state index in [2.05, 4.69) is 30.3 Å². The van der Waals surface area contributed by atoms with E-state index in [4.69, 9.17) is 4.74 Å². The van der Waals surface area contributed by atoms with Crippen molar-refractivity contribution in [1.29, 1.82) is 0 Å². The van der Waals surface area contributed by atoms with Crippen LogP contribution in [0.25, 0.3) is 0 Å². The Kier molecular flexibility index (Phi) is 2.73. The van der Waals surface area contributed by atoms with Crippen LogP contribution in [-0.4, -0.2) is 15.4 Å². The van der Waals surface area contributed by atoms with Crippen molar-refractivity contribution in [3.63, 3.8) is 0 Å². The summed E-state index contributed by atoms with van der Waals surface area (Å²) in [6, 6.07) is 10.4. The first-order valence-electron chi connectivity index (χ1n) is 6.58. The minimum atomic E-state index is -0.166. The van der Waals surface area contributed by atoms with Crippen molar-refractivity contribution < 1.29 is 4.74 Å². The number of nitrogens with one attached hydrogen (secondary N) is 1. The Balaban J connectivity index is 1.92. The quantitative estimate of drug-likeness (QED) is 0.898. The van der Waals surface area contributed by atoms with E-state index >= 15 is 0 Å². The van der Waals surface area contributed by atoms with E-state index < -0.39 is 0 Å². The molecule has 0 radical (unpaired) electrons. The van der Waals surface area contributed by atoms with Gasteiger partial charge in [0.05, 0.1) is 6.04 Å². The second kappa shape index (κ2) is 4.30. The number of hydrogen-bond donors (Lipinski definition) is 1. The van der Waals surface area contributed by atoms with Gasteiger partial charge in [0.15, 0.2) is 0 Å². The average molecular weight is 257 g/mol. The molecule has 0 saturated carbocycles. The molecule has 0 aliphatic carbocycles. The van der Waals surface area contributed by atoms with Gasteiger partial charge in [-0.15, -0.1) is 0 Å². The molecule has 0 saturated heterocycles. The number of fused-ring (bicyclic) bond motifs is 1. The number of nitrogens with zero attached hydrogens (tertiary/aromatic N) is 2. The van der Waals surface area contributed by atoms with Crippen LogP contribution in [0.1, 0.15) is 31.9 Å². The molecular weight excluding hydrogens is 238 g/mol. The monoisotopic (exact) mass is 257 g/mol. The number of aryl methyl sites for hydroxylation is 1. The highest BCUT2D eigenvalue weighted by molar-refractivity contribution is 5.45. The van der Waals surface area contributed by atoms with Gasteiger partial charge in [0, 0.05) is 31.3 Å². The highest BCUT2D eigenvalue weighted by Gasteiger charge is 2.33. The van der Waals surface area contributed by atoms with E-state index in [1.165, 1.54) is 5.56 Å². The van der Waals surface area contributed by atoms with Gasteiger partial charge in [0.2, 0.25) is 0 Å². The number of anilines is 1. The molecular formula is C15H19N3O. The van der Waals surface area contributed by atoms with Gasteiger partial charge in [-0.1, -0.05) is 18.2 Å². The second-order valence-electron chi connectivity index (χ2n) is 5.68. The molecule has 1 aromatic heterocycles. The third kappa shape index (κ3) is 2.43. The van der Waals surface area contributed by atoms with Gasteiger partial charge in [-0.2, -0.15) is 5.10 Å². The fraction of sp³-hybridized carbons (Fsp3) is 0.400. The van der Waals surface area contributed by atoms with Gasteiger partial charge in [0.25, 0.3) is 0 Å². The van der Waals surface area contributed by atoms with E-state index in [0.717, 1.165) is 18.0 Å². The van der Waals surface area contributed by atoms with E-state index in [1.807, 2.05) is 37.5 Å². The summed E-state index contributed by atoms with van der Waals surface area (Å²) in [7, 11) is 1.92. The highest BCUT2D eigenvalue weighted by atomic mass is 16.5. The van der Waals surface area contributed by atoms with Crippen LogP contribution in [0, 0.1) is 0 Å². The van der Waals surface area contributed by atoms with Crippen molar-refractivity contribution >= 4 is 5.82 Å². The molecule has 0 bridgehead atoms. The molecule has 1 unspecified atom stereocenters. The van der Waals surface area contributed by atoms with Crippen LogP contribution >= 0.6 is 0 Å². The van der Waals surface area contributed by atoms with Crippen molar-refractivity contribution in [3.8, 4) is 5.75 Å². The van der Waals surface area contributed by atoms with E-state index in [0.29, 0.717) is 0 Å². The average Bonchev–Trinajstić information content (AvgIpc) is 2.73. The van der Waals surface area contributed by atoms with Gasteiger partial charge in [0.1, 0.15) is 17.2 Å². The predicted octanol–water partition coefficient (Wildman–Crippen LogP) is 3.13. The Labute approximate surface area is 113 Å². The summed E-state index contributed by atoms with van der Waals surface area (Å²) in [4.78, 5) is 0. The maximum atomic E-state index is 6.03. The number of hydrogen-bond acceptors (Lipinski definition) is 3. The number of ether oxygens (including phenoxy) is 1. The van der Waals surface area contributed by atoms with Crippen LogP contribution in [0.2, 0.25) is 0 Å². The van der Waals surface area contributed by atoms with Gasteiger partial charge in [-0.3, -0.25) is 4.68 Å². The van der Waals surface area contributed by atoms with Crippen molar-refractivity contribution in [1.82, 2.24) is 9.78 Å². The molecule has 1 aromatic carbocycles. The predicted molar refractivity (Wildman–Crippen MR) is 75.3 cm³/mol. The lowest BCUT2D eigenvalue weighted by Gasteiger charge is -2.37. The molecule has 0 fully saturated rings. The largest absolute Gasteiger partial charge is 0.487 e. The molecule has 0 amide bonds. The zero-order valence-electron chi connectivity index (χ0n) is 11.6. The standard InChI is InChI=1S/C15H19N3O/c1-15(2)10-12(16-14-8-9-18(3)17-14)11-6-4-5-7-13(11)19-15/h4-9,12H,10H2,1-3H3,(H,16,17). The molecule has 100 valence electrons. The molecule has 1 aliphatic rings. The van der Waals surface area contributed by atoms with Crippen molar-refractivity contribution in [2.75, 3.05) is 5.32 Å². The van der Waals surface area contributed by atoms with Gasteiger partial charge < -0.3 is 10.1 Å². The summed E-state index contributed by atoms with van der Waals surface area (Å²) in [6.45, 7) is 4.24.